The number of phenolic OH excluding ortho intramolecular Hbond substituents is 2. The van der Waals surface area contributed by atoms with E-state index in [1.54, 1.807) is 0 Å². The van der Waals surface area contributed by atoms with Crippen LogP contribution in [0, 0.1) is 5.92 Å². The van der Waals surface area contributed by atoms with E-state index in [4.69, 9.17) is 5.73 Å². The fourth-order valence-corrected chi connectivity index (χ4v) is 4.79. The first-order valence-electron chi connectivity index (χ1n) is 11.6. The maximum Gasteiger partial charge on any atom is 0.268 e. The van der Waals surface area contributed by atoms with Crippen LogP contribution in [0.5, 0.6) is 11.5 Å². The molecule has 0 aromatic heterocycles. The number of carbonyl (C=O) groups is 1. The summed E-state index contributed by atoms with van der Waals surface area (Å²) in [7, 11) is -4.36. The maximum atomic E-state index is 13.1. The van der Waals surface area contributed by atoms with Gasteiger partial charge in [0.05, 0.1) is 0 Å². The lowest BCUT2D eigenvalue weighted by molar-refractivity contribution is -0.122. The van der Waals surface area contributed by atoms with Crippen LogP contribution >= 0.6 is 0 Å². The Labute approximate surface area is 198 Å². The minimum absolute atomic E-state index is 0.00562. The first-order chi connectivity index (χ1) is 15.4. The molecule has 7 nitrogen and oxygen atoms in total. The van der Waals surface area contributed by atoms with Crippen LogP contribution in [0.3, 0.4) is 0 Å². The molecule has 0 heterocycles. The Bertz CT molecular complexity index is 977. The first kappa shape index (κ1) is 28.7. The Morgan fingerprint density at radius 2 is 1.85 bits per heavy atom. The van der Waals surface area contributed by atoms with Crippen LogP contribution in [0.4, 0.5) is 0 Å². The number of aromatic hydroxyl groups is 2. The molecule has 5 N–H and O–H groups in total. The number of nitrogens with two attached hydrogens (primary N) is 1. The van der Waals surface area contributed by atoms with E-state index in [1.807, 2.05) is 38.5 Å². The number of benzene rings is 1. The van der Waals surface area contributed by atoms with Gasteiger partial charge in [0.25, 0.3) is 10.0 Å². The Balaban J connectivity index is 3.39. The Hall–Kier alpha value is -2.32. The van der Waals surface area contributed by atoms with Gasteiger partial charge in [-0.1, -0.05) is 50.0 Å². The molecule has 0 spiro atoms. The van der Waals surface area contributed by atoms with Crippen molar-refractivity contribution in [2.45, 2.75) is 84.5 Å². The minimum atomic E-state index is -4.36. The van der Waals surface area contributed by atoms with Gasteiger partial charge in [-0.3, -0.25) is 4.79 Å². The van der Waals surface area contributed by atoms with E-state index in [0.717, 1.165) is 31.3 Å². The molecule has 8 heteroatoms. The summed E-state index contributed by atoms with van der Waals surface area (Å²) < 4.78 is 28.3. The second-order valence-electron chi connectivity index (χ2n) is 8.85. The van der Waals surface area contributed by atoms with Crippen molar-refractivity contribution in [1.82, 2.24) is 4.72 Å². The number of amides is 1. The molecule has 0 radical (unpaired) electrons. The molecule has 0 saturated carbocycles. The first-order valence-corrected chi connectivity index (χ1v) is 13.0. The summed E-state index contributed by atoms with van der Waals surface area (Å²) in [5.74, 6) is -2.11. The average Bonchev–Trinajstić information content (AvgIpc) is 2.71. The highest BCUT2D eigenvalue weighted by Crippen LogP contribution is 2.38. The van der Waals surface area contributed by atoms with Crippen LogP contribution in [-0.4, -0.2) is 31.1 Å². The summed E-state index contributed by atoms with van der Waals surface area (Å²) in [5, 5.41) is 21.6. The molecule has 0 bridgehead atoms. The second-order valence-corrected chi connectivity index (χ2v) is 10.5. The number of sulfonamides is 1. The normalized spacial score (nSPS) is 13.0. The molecule has 1 rings (SSSR count). The van der Waals surface area contributed by atoms with Gasteiger partial charge in [0.1, 0.15) is 16.4 Å². The van der Waals surface area contributed by atoms with E-state index < -0.39 is 27.6 Å². The lowest BCUT2D eigenvalue weighted by atomic mass is 10.00. The van der Waals surface area contributed by atoms with Gasteiger partial charge >= 0.3 is 0 Å². The van der Waals surface area contributed by atoms with Crippen molar-refractivity contribution in [2.75, 3.05) is 6.54 Å². The zero-order valence-electron chi connectivity index (χ0n) is 20.6. The lowest BCUT2D eigenvalue weighted by Gasteiger charge is -2.18. The number of nitrogens with one attached hydrogen (secondary N) is 1. The van der Waals surface area contributed by atoms with Crippen molar-refractivity contribution in [3.8, 4) is 11.5 Å². The van der Waals surface area contributed by atoms with E-state index >= 15 is 0 Å². The predicted molar refractivity (Wildman–Crippen MR) is 133 cm³/mol. The predicted octanol–water partition coefficient (Wildman–Crippen LogP) is 4.47. The van der Waals surface area contributed by atoms with Crippen molar-refractivity contribution in [3.05, 3.63) is 40.5 Å². The number of carbonyl (C=O) groups excluding carboxylic acids is 1. The molecule has 33 heavy (non-hydrogen) atoms. The van der Waals surface area contributed by atoms with E-state index in [2.05, 4.69) is 6.08 Å². The van der Waals surface area contributed by atoms with Crippen molar-refractivity contribution >= 4 is 15.9 Å². The van der Waals surface area contributed by atoms with E-state index in [0.29, 0.717) is 12.8 Å². The third kappa shape index (κ3) is 8.85. The average molecular weight is 481 g/mol. The van der Waals surface area contributed by atoms with Crippen molar-refractivity contribution in [1.29, 1.82) is 0 Å². The highest BCUT2D eigenvalue weighted by Gasteiger charge is 2.29. The molecule has 0 fully saturated rings. The van der Waals surface area contributed by atoms with Gasteiger partial charge in [-0.2, -0.15) is 0 Å². The van der Waals surface area contributed by atoms with Crippen LogP contribution in [0.15, 0.2) is 34.3 Å². The van der Waals surface area contributed by atoms with Gasteiger partial charge in [0, 0.05) is 18.0 Å². The summed E-state index contributed by atoms with van der Waals surface area (Å²) in [6.07, 6.45) is 8.71. The van der Waals surface area contributed by atoms with E-state index in [1.165, 1.54) is 18.6 Å². The van der Waals surface area contributed by atoms with Gasteiger partial charge in [-0.05, 0) is 64.5 Å². The quantitative estimate of drug-likeness (QED) is 0.243. The van der Waals surface area contributed by atoms with Crippen LogP contribution in [0.1, 0.15) is 77.8 Å². The number of hydrogen-bond donors (Lipinski definition) is 4. The molecule has 0 saturated heterocycles. The molecule has 1 aromatic carbocycles. The topological polar surface area (TPSA) is 130 Å². The highest BCUT2D eigenvalue weighted by molar-refractivity contribution is 7.90. The third-order valence-corrected chi connectivity index (χ3v) is 6.98. The van der Waals surface area contributed by atoms with E-state index in [9.17, 15) is 23.4 Å². The molecule has 1 atom stereocenters. The number of hydrogen-bond acceptors (Lipinski definition) is 6. The van der Waals surface area contributed by atoms with Crippen molar-refractivity contribution in [3.63, 3.8) is 0 Å². The molecule has 1 amide bonds. The fraction of sp³-hybridized carbons (Fsp3) is 0.560. The van der Waals surface area contributed by atoms with Crippen molar-refractivity contribution in [2.24, 2.45) is 11.7 Å². The smallest absolute Gasteiger partial charge is 0.268 e. The minimum Gasteiger partial charge on any atom is -0.508 e. The number of aryl methyl sites for hydroxylation is 1. The van der Waals surface area contributed by atoms with Crippen LogP contribution in [0.2, 0.25) is 0 Å². The second kappa shape index (κ2) is 13.4. The summed E-state index contributed by atoms with van der Waals surface area (Å²) >= 11 is 0. The van der Waals surface area contributed by atoms with E-state index in [-0.39, 0.29) is 34.7 Å². The fourth-order valence-electron chi connectivity index (χ4n) is 3.34. The number of allylic oxidation sites excluding steroid dienone is 4. The SMILES string of the molecule is CCCCCc1cc(O)c(C/C=C(\C)CCC=C(C)C)c(O)c1S(=O)(=O)NC(=O)C(C)CN. The summed E-state index contributed by atoms with van der Waals surface area (Å²) in [4.78, 5) is 11.9. The standard InChI is InChI=1S/C25H40N2O5S/c1-6-7-8-12-20-15-22(28)21(14-13-18(4)11-9-10-17(2)3)23(29)24(20)33(31,32)27-25(30)19(5)16-26/h10,13,15,19,28-29H,6-9,11-12,14,16,26H2,1-5H3,(H,27,30)/b18-13+. The van der Waals surface area contributed by atoms with Crippen molar-refractivity contribution < 1.29 is 23.4 Å². The molecule has 0 aliphatic rings. The summed E-state index contributed by atoms with van der Waals surface area (Å²) in [6.45, 7) is 9.57. The van der Waals surface area contributed by atoms with Crippen LogP contribution < -0.4 is 10.5 Å². The Morgan fingerprint density at radius 3 is 2.42 bits per heavy atom. The monoisotopic (exact) mass is 480 g/mol. The van der Waals surface area contributed by atoms with Gasteiger partial charge < -0.3 is 15.9 Å². The number of rotatable bonds is 13. The number of unbranched alkanes of at least 4 members (excludes halogenated alkanes) is 2. The van der Waals surface area contributed by atoms with Gasteiger partial charge in [0.15, 0.2) is 0 Å². The summed E-state index contributed by atoms with van der Waals surface area (Å²) in [5.41, 5.74) is 8.19. The molecule has 186 valence electrons. The molecule has 1 aromatic rings. The number of phenols is 2. The summed E-state index contributed by atoms with van der Waals surface area (Å²) in [6, 6.07) is 1.39. The zero-order chi connectivity index (χ0) is 25.2. The highest BCUT2D eigenvalue weighted by atomic mass is 32.2. The van der Waals surface area contributed by atoms with Gasteiger partial charge in [0.2, 0.25) is 5.91 Å². The lowest BCUT2D eigenvalue weighted by Crippen LogP contribution is -2.37. The van der Waals surface area contributed by atoms with Crippen LogP contribution in [0.25, 0.3) is 0 Å². The van der Waals surface area contributed by atoms with Gasteiger partial charge in [-0.25, -0.2) is 13.1 Å². The Kier molecular flexibility index (Phi) is 11.7. The Morgan fingerprint density at radius 1 is 1.18 bits per heavy atom. The maximum absolute atomic E-state index is 13.1. The molecule has 1 unspecified atom stereocenters. The third-order valence-electron chi connectivity index (χ3n) is 5.51. The van der Waals surface area contributed by atoms with Gasteiger partial charge in [-0.15, -0.1) is 0 Å². The van der Waals surface area contributed by atoms with Crippen LogP contribution in [-0.2, 0) is 27.7 Å². The zero-order valence-corrected chi connectivity index (χ0v) is 21.4. The molecular weight excluding hydrogens is 440 g/mol. The molecular formula is C25H40N2O5S. The molecule has 0 aliphatic carbocycles. The largest absolute Gasteiger partial charge is 0.508 e. The molecule has 0 aliphatic heterocycles.